The molecule has 6 nitrogen and oxygen atoms in total. The summed E-state index contributed by atoms with van der Waals surface area (Å²) in [6, 6.07) is -0.551. The molecule has 3 N–H and O–H groups in total. The van der Waals surface area contributed by atoms with E-state index in [1.165, 1.54) is 250 Å². The highest BCUT2D eigenvalue weighted by Gasteiger charge is 2.20. The second kappa shape index (κ2) is 58.9. The first-order valence-corrected chi connectivity index (χ1v) is 31.1. The summed E-state index contributed by atoms with van der Waals surface area (Å²) in [6.45, 7) is 4.93. The van der Waals surface area contributed by atoms with Gasteiger partial charge in [-0.1, -0.05) is 295 Å². The molecule has 0 aromatic heterocycles. The topological polar surface area (TPSA) is 95.9 Å². The van der Waals surface area contributed by atoms with E-state index in [4.69, 9.17) is 4.74 Å². The highest BCUT2D eigenvalue weighted by atomic mass is 16.5. The van der Waals surface area contributed by atoms with Gasteiger partial charge in [0, 0.05) is 12.8 Å². The first-order chi connectivity index (χ1) is 34.0. The molecule has 0 aromatic carbocycles. The summed E-state index contributed by atoms with van der Waals surface area (Å²) in [7, 11) is 0. The molecule has 408 valence electrons. The maximum absolute atomic E-state index is 12.5. The monoisotopic (exact) mass is 972 g/mol. The van der Waals surface area contributed by atoms with Gasteiger partial charge in [0.1, 0.15) is 0 Å². The molecule has 0 saturated carbocycles. The largest absolute Gasteiger partial charge is 0.466 e. The molecule has 0 aliphatic heterocycles. The van der Waals surface area contributed by atoms with Crippen molar-refractivity contribution in [3.05, 3.63) is 24.3 Å². The minimum absolute atomic E-state index is 0.0147. The predicted molar refractivity (Wildman–Crippen MR) is 301 cm³/mol. The van der Waals surface area contributed by atoms with Crippen molar-refractivity contribution < 1.29 is 24.5 Å². The third-order valence-electron chi connectivity index (χ3n) is 14.5. The number of hydrogen-bond donors (Lipinski definition) is 3. The fourth-order valence-electron chi connectivity index (χ4n) is 9.73. The number of carbonyl (C=O) groups is 2. The van der Waals surface area contributed by atoms with E-state index in [0.717, 1.165) is 57.8 Å². The summed E-state index contributed by atoms with van der Waals surface area (Å²) >= 11 is 0. The zero-order chi connectivity index (χ0) is 50.0. The molecule has 0 heterocycles. The second-order valence-corrected chi connectivity index (χ2v) is 21.4. The van der Waals surface area contributed by atoms with E-state index in [9.17, 15) is 19.8 Å². The summed E-state index contributed by atoms with van der Waals surface area (Å²) in [6.07, 6.45) is 71.7. The van der Waals surface area contributed by atoms with Crippen LogP contribution in [0.25, 0.3) is 0 Å². The van der Waals surface area contributed by atoms with Crippen molar-refractivity contribution in [1.82, 2.24) is 5.32 Å². The number of carbonyl (C=O) groups excluding carboxylic acids is 2. The summed E-state index contributed by atoms with van der Waals surface area (Å²) in [5.41, 5.74) is 0. The average Bonchev–Trinajstić information content (AvgIpc) is 3.35. The zero-order valence-electron chi connectivity index (χ0n) is 46.6. The maximum atomic E-state index is 12.5. The predicted octanol–water partition coefficient (Wildman–Crippen LogP) is 19.4. The molecule has 0 spiro atoms. The summed E-state index contributed by atoms with van der Waals surface area (Å²) < 4.78 is 5.47. The third-order valence-corrected chi connectivity index (χ3v) is 14.5. The van der Waals surface area contributed by atoms with Gasteiger partial charge in [0.15, 0.2) is 0 Å². The SMILES string of the molecule is CCCCCC/C=C\C/C=C\CCCCCCCC(=O)OCCCCCCCCCCCCCCCCC(=O)NC(CO)C(O)CCCCCCCCCCCCCCCCCCCCCCCC. The van der Waals surface area contributed by atoms with Crippen molar-refractivity contribution >= 4 is 11.9 Å². The van der Waals surface area contributed by atoms with Crippen molar-refractivity contribution in [2.24, 2.45) is 0 Å². The van der Waals surface area contributed by atoms with Crippen molar-refractivity contribution in [2.75, 3.05) is 13.2 Å². The fourth-order valence-corrected chi connectivity index (χ4v) is 9.73. The van der Waals surface area contributed by atoms with Crippen LogP contribution >= 0.6 is 0 Å². The van der Waals surface area contributed by atoms with Crippen LogP contribution in [-0.4, -0.2) is 47.4 Å². The van der Waals surface area contributed by atoms with Crippen LogP contribution in [0.5, 0.6) is 0 Å². The molecule has 0 aliphatic carbocycles. The van der Waals surface area contributed by atoms with Crippen LogP contribution < -0.4 is 5.32 Å². The molecule has 1 amide bonds. The molecule has 0 radical (unpaired) electrons. The van der Waals surface area contributed by atoms with E-state index in [1.807, 2.05) is 0 Å². The summed E-state index contributed by atoms with van der Waals surface area (Å²) in [5.74, 6) is -0.0573. The van der Waals surface area contributed by atoms with Crippen LogP contribution in [0.1, 0.15) is 341 Å². The molecule has 0 bridgehead atoms. The standard InChI is InChI=1S/C63H121NO5/c1-3-5-7-9-11-13-15-17-19-21-22-23-24-25-26-27-31-35-39-43-47-51-55-61(66)60(59-65)64-62(67)56-52-48-44-40-36-32-29-30-34-38-42-46-50-54-58-69-63(68)57-53-49-45-41-37-33-28-20-18-16-14-12-10-8-6-4-2/h14,16,20,28,60-61,65-66H,3-13,15,17-19,21-27,29-59H2,1-2H3,(H,64,67)/b16-14-,28-20-. The molecule has 0 fully saturated rings. The highest BCUT2D eigenvalue weighted by molar-refractivity contribution is 5.76. The molecule has 0 saturated heterocycles. The van der Waals surface area contributed by atoms with E-state index in [0.29, 0.717) is 25.9 Å². The van der Waals surface area contributed by atoms with Crippen LogP contribution in [0.4, 0.5) is 0 Å². The van der Waals surface area contributed by atoms with Gasteiger partial charge in [0.2, 0.25) is 5.91 Å². The molecule has 0 aromatic rings. The third kappa shape index (κ3) is 55.5. The van der Waals surface area contributed by atoms with Gasteiger partial charge in [-0.05, 0) is 57.8 Å². The van der Waals surface area contributed by atoms with E-state index in [1.54, 1.807) is 0 Å². The Morgan fingerprint density at radius 1 is 0.406 bits per heavy atom. The number of rotatable bonds is 58. The highest BCUT2D eigenvalue weighted by Crippen LogP contribution is 2.18. The number of nitrogens with one attached hydrogen (secondary N) is 1. The number of hydrogen-bond acceptors (Lipinski definition) is 5. The minimum Gasteiger partial charge on any atom is -0.466 e. The van der Waals surface area contributed by atoms with Crippen LogP contribution in [0.3, 0.4) is 0 Å². The molecule has 2 atom stereocenters. The molecule has 0 rings (SSSR count). The summed E-state index contributed by atoms with van der Waals surface area (Å²) in [4.78, 5) is 24.6. The van der Waals surface area contributed by atoms with Crippen molar-refractivity contribution in [1.29, 1.82) is 0 Å². The van der Waals surface area contributed by atoms with Gasteiger partial charge in [-0.15, -0.1) is 0 Å². The Morgan fingerprint density at radius 3 is 1.12 bits per heavy atom. The van der Waals surface area contributed by atoms with Crippen LogP contribution in [0.15, 0.2) is 24.3 Å². The van der Waals surface area contributed by atoms with Gasteiger partial charge in [0.05, 0.1) is 25.4 Å². The van der Waals surface area contributed by atoms with Crippen molar-refractivity contribution in [2.45, 2.75) is 353 Å². The van der Waals surface area contributed by atoms with Gasteiger partial charge >= 0.3 is 5.97 Å². The number of aliphatic hydroxyl groups excluding tert-OH is 2. The number of aliphatic hydroxyl groups is 2. The molecule has 6 heteroatoms. The lowest BCUT2D eigenvalue weighted by molar-refractivity contribution is -0.143. The van der Waals surface area contributed by atoms with E-state index in [2.05, 4.69) is 43.5 Å². The van der Waals surface area contributed by atoms with Gasteiger partial charge in [-0.25, -0.2) is 0 Å². The lowest BCUT2D eigenvalue weighted by Crippen LogP contribution is -2.45. The number of amides is 1. The first-order valence-electron chi connectivity index (χ1n) is 31.1. The van der Waals surface area contributed by atoms with Crippen LogP contribution in [-0.2, 0) is 14.3 Å². The Balaban J connectivity index is 3.44. The quantitative estimate of drug-likeness (QED) is 0.0321. The molecule has 69 heavy (non-hydrogen) atoms. The number of unbranched alkanes of at least 4 members (excludes halogenated alkanes) is 43. The van der Waals surface area contributed by atoms with Gasteiger partial charge in [0.25, 0.3) is 0 Å². The lowest BCUT2D eigenvalue weighted by atomic mass is 10.0. The van der Waals surface area contributed by atoms with Gasteiger partial charge in [-0.2, -0.15) is 0 Å². The van der Waals surface area contributed by atoms with Crippen LogP contribution in [0, 0.1) is 0 Å². The summed E-state index contributed by atoms with van der Waals surface area (Å²) in [5, 5.41) is 23.4. The number of esters is 1. The Kier molecular flexibility index (Phi) is 57.5. The molecule has 2 unspecified atom stereocenters. The average molecular weight is 973 g/mol. The van der Waals surface area contributed by atoms with Gasteiger partial charge in [-0.3, -0.25) is 9.59 Å². The molecule has 0 aliphatic rings. The van der Waals surface area contributed by atoms with E-state index in [-0.39, 0.29) is 18.5 Å². The van der Waals surface area contributed by atoms with Crippen LogP contribution in [0.2, 0.25) is 0 Å². The Bertz CT molecular complexity index is 1080. The molecular formula is C63H121NO5. The number of ether oxygens (including phenoxy) is 1. The van der Waals surface area contributed by atoms with Gasteiger partial charge < -0.3 is 20.3 Å². The maximum Gasteiger partial charge on any atom is 0.305 e. The van der Waals surface area contributed by atoms with E-state index >= 15 is 0 Å². The Morgan fingerprint density at radius 2 is 0.725 bits per heavy atom. The normalized spacial score (nSPS) is 12.7. The Hall–Kier alpha value is -1.66. The van der Waals surface area contributed by atoms with E-state index < -0.39 is 12.1 Å². The number of allylic oxidation sites excluding steroid dienone is 4. The minimum atomic E-state index is -0.673. The fraction of sp³-hybridized carbons (Fsp3) is 0.905. The zero-order valence-corrected chi connectivity index (χ0v) is 46.6. The smallest absolute Gasteiger partial charge is 0.305 e. The second-order valence-electron chi connectivity index (χ2n) is 21.4. The Labute approximate surface area is 431 Å². The van der Waals surface area contributed by atoms with Crippen molar-refractivity contribution in [3.8, 4) is 0 Å². The first kappa shape index (κ1) is 67.3. The lowest BCUT2D eigenvalue weighted by Gasteiger charge is -2.22. The van der Waals surface area contributed by atoms with Crippen molar-refractivity contribution in [3.63, 3.8) is 0 Å². The molecular weight excluding hydrogens is 851 g/mol.